The Morgan fingerprint density at radius 2 is 2.06 bits per heavy atom. The van der Waals surface area contributed by atoms with E-state index in [1.54, 1.807) is 17.0 Å². The van der Waals surface area contributed by atoms with Crippen LogP contribution in [0.4, 0.5) is 0 Å². The van der Waals surface area contributed by atoms with Crippen molar-refractivity contribution in [2.24, 2.45) is 0 Å². The molecular weight excluding hydrogens is 252 g/mol. The monoisotopic (exact) mass is 270 g/mol. The van der Waals surface area contributed by atoms with Crippen molar-refractivity contribution in [3.63, 3.8) is 0 Å². The largest absolute Gasteiger partial charge is 0.334 e. The summed E-state index contributed by atoms with van der Waals surface area (Å²) in [6.45, 7) is 5.41. The number of likely N-dealkylation sites (N-methyl/N-ethyl adjacent to an activating group) is 2. The maximum Gasteiger partial charge on any atom is 0.274 e. The van der Waals surface area contributed by atoms with E-state index in [4.69, 9.17) is 11.6 Å². The van der Waals surface area contributed by atoms with E-state index in [0.29, 0.717) is 12.2 Å². The van der Waals surface area contributed by atoms with E-state index < -0.39 is 0 Å². The first-order valence-electron chi connectivity index (χ1n) is 5.90. The number of aromatic nitrogens is 2. The summed E-state index contributed by atoms with van der Waals surface area (Å²) in [5.74, 6) is -0.115. The van der Waals surface area contributed by atoms with Gasteiger partial charge >= 0.3 is 0 Å². The molecule has 5 nitrogen and oxygen atoms in total. The average molecular weight is 271 g/mol. The van der Waals surface area contributed by atoms with Crippen molar-refractivity contribution in [1.82, 2.24) is 20.0 Å². The number of carbonyl (C=O) groups is 1. The highest BCUT2D eigenvalue weighted by atomic mass is 35.5. The number of carbonyl (C=O) groups excluding carboxylic acids is 1. The molecule has 18 heavy (non-hydrogen) atoms. The van der Waals surface area contributed by atoms with Crippen molar-refractivity contribution in [3.8, 4) is 0 Å². The molecule has 1 amide bonds. The summed E-state index contributed by atoms with van der Waals surface area (Å²) in [6.07, 6.45) is 0. The molecule has 1 aromatic heterocycles. The topological polar surface area (TPSA) is 49.3 Å². The van der Waals surface area contributed by atoms with Crippen LogP contribution >= 0.6 is 11.6 Å². The van der Waals surface area contributed by atoms with Gasteiger partial charge in [0.1, 0.15) is 0 Å². The van der Waals surface area contributed by atoms with Crippen LogP contribution in [0.3, 0.4) is 0 Å². The maximum atomic E-state index is 12.3. The highest BCUT2D eigenvalue weighted by Crippen LogP contribution is 2.08. The summed E-state index contributed by atoms with van der Waals surface area (Å²) < 4.78 is 0. The van der Waals surface area contributed by atoms with Gasteiger partial charge in [-0.15, -0.1) is 10.2 Å². The summed E-state index contributed by atoms with van der Waals surface area (Å²) in [5.41, 5.74) is 0.326. The molecule has 0 aliphatic rings. The zero-order valence-corrected chi connectivity index (χ0v) is 12.0. The van der Waals surface area contributed by atoms with E-state index >= 15 is 0 Å². The van der Waals surface area contributed by atoms with Crippen molar-refractivity contribution in [2.45, 2.75) is 19.9 Å². The first kappa shape index (κ1) is 14.9. The first-order chi connectivity index (χ1) is 8.45. The van der Waals surface area contributed by atoms with Crippen LogP contribution in [0.15, 0.2) is 12.1 Å². The second kappa shape index (κ2) is 6.66. The van der Waals surface area contributed by atoms with Gasteiger partial charge in [-0.25, -0.2) is 0 Å². The van der Waals surface area contributed by atoms with Crippen LogP contribution in [0.1, 0.15) is 24.3 Å². The molecule has 0 fully saturated rings. The fourth-order valence-electron chi connectivity index (χ4n) is 1.86. The molecule has 0 saturated carbocycles. The van der Waals surface area contributed by atoms with Crippen LogP contribution in [0.2, 0.25) is 5.15 Å². The molecule has 0 N–H and O–H groups in total. The molecule has 0 aromatic carbocycles. The van der Waals surface area contributed by atoms with Crippen LogP contribution in [-0.4, -0.2) is 59.1 Å². The standard InChI is InChI=1S/C12H19ClN4O/c1-5-17(9(2)8-16(3)4)12(18)10-6-7-11(13)15-14-10/h6-7,9H,5,8H2,1-4H3. The average Bonchev–Trinajstić information content (AvgIpc) is 2.29. The number of amides is 1. The smallest absolute Gasteiger partial charge is 0.274 e. The van der Waals surface area contributed by atoms with Gasteiger partial charge in [0.05, 0.1) is 0 Å². The highest BCUT2D eigenvalue weighted by Gasteiger charge is 2.21. The summed E-state index contributed by atoms with van der Waals surface area (Å²) in [6, 6.07) is 3.30. The van der Waals surface area contributed by atoms with Crippen molar-refractivity contribution in [2.75, 3.05) is 27.2 Å². The van der Waals surface area contributed by atoms with Crippen molar-refractivity contribution in [3.05, 3.63) is 23.0 Å². The van der Waals surface area contributed by atoms with Crippen molar-refractivity contribution < 1.29 is 4.79 Å². The quantitative estimate of drug-likeness (QED) is 0.814. The van der Waals surface area contributed by atoms with Gasteiger partial charge in [0.15, 0.2) is 10.8 Å². The van der Waals surface area contributed by atoms with Gasteiger partial charge in [0.25, 0.3) is 5.91 Å². The van der Waals surface area contributed by atoms with E-state index in [2.05, 4.69) is 10.2 Å². The van der Waals surface area contributed by atoms with Crippen LogP contribution in [0.25, 0.3) is 0 Å². The Morgan fingerprint density at radius 3 is 2.50 bits per heavy atom. The zero-order valence-electron chi connectivity index (χ0n) is 11.2. The predicted molar refractivity (Wildman–Crippen MR) is 71.8 cm³/mol. The molecule has 6 heteroatoms. The number of hydrogen-bond acceptors (Lipinski definition) is 4. The molecule has 100 valence electrons. The number of rotatable bonds is 5. The summed E-state index contributed by atoms with van der Waals surface area (Å²) in [5, 5.41) is 7.80. The molecule has 0 saturated heterocycles. The summed E-state index contributed by atoms with van der Waals surface area (Å²) >= 11 is 5.66. The molecular formula is C12H19ClN4O. The summed E-state index contributed by atoms with van der Waals surface area (Å²) in [4.78, 5) is 16.1. The van der Waals surface area contributed by atoms with Gasteiger partial charge in [0, 0.05) is 19.1 Å². The lowest BCUT2D eigenvalue weighted by molar-refractivity contribution is 0.0672. The molecule has 0 bridgehead atoms. The Balaban J connectivity index is 2.81. The van der Waals surface area contributed by atoms with Crippen molar-refractivity contribution in [1.29, 1.82) is 0 Å². The third-order valence-corrected chi connectivity index (χ3v) is 2.82. The van der Waals surface area contributed by atoms with E-state index in [9.17, 15) is 4.79 Å². The molecule has 1 rings (SSSR count). The highest BCUT2D eigenvalue weighted by molar-refractivity contribution is 6.29. The van der Waals surface area contributed by atoms with Gasteiger partial charge in [-0.3, -0.25) is 4.79 Å². The van der Waals surface area contributed by atoms with Crippen LogP contribution in [0, 0.1) is 0 Å². The van der Waals surface area contributed by atoms with Crippen LogP contribution in [0.5, 0.6) is 0 Å². The van der Waals surface area contributed by atoms with E-state index in [-0.39, 0.29) is 17.1 Å². The van der Waals surface area contributed by atoms with E-state index in [0.717, 1.165) is 6.54 Å². The lowest BCUT2D eigenvalue weighted by Crippen LogP contribution is -2.44. The normalized spacial score (nSPS) is 12.6. The number of nitrogens with zero attached hydrogens (tertiary/aromatic N) is 4. The maximum absolute atomic E-state index is 12.3. The van der Waals surface area contributed by atoms with Crippen LogP contribution in [-0.2, 0) is 0 Å². The Kier molecular flexibility index (Phi) is 5.50. The van der Waals surface area contributed by atoms with E-state index in [1.165, 1.54) is 0 Å². The third kappa shape index (κ3) is 3.92. The molecule has 0 aliphatic carbocycles. The minimum atomic E-state index is -0.115. The minimum absolute atomic E-state index is 0.115. The van der Waals surface area contributed by atoms with Gasteiger partial charge in [-0.1, -0.05) is 11.6 Å². The number of hydrogen-bond donors (Lipinski definition) is 0. The van der Waals surface area contributed by atoms with Crippen LogP contribution < -0.4 is 0 Å². The molecule has 1 unspecified atom stereocenters. The summed E-state index contributed by atoms with van der Waals surface area (Å²) in [7, 11) is 3.97. The van der Waals surface area contributed by atoms with Gasteiger partial charge in [-0.2, -0.15) is 0 Å². The fourth-order valence-corrected chi connectivity index (χ4v) is 1.96. The second-order valence-electron chi connectivity index (χ2n) is 4.44. The van der Waals surface area contributed by atoms with Gasteiger partial charge in [0.2, 0.25) is 0 Å². The molecule has 0 radical (unpaired) electrons. The molecule has 1 aromatic rings. The first-order valence-corrected chi connectivity index (χ1v) is 6.28. The lowest BCUT2D eigenvalue weighted by atomic mass is 10.2. The van der Waals surface area contributed by atoms with E-state index in [1.807, 2.05) is 32.8 Å². The Labute approximate surface area is 113 Å². The fraction of sp³-hybridized carbons (Fsp3) is 0.583. The molecule has 1 atom stereocenters. The SMILES string of the molecule is CCN(C(=O)c1ccc(Cl)nn1)C(C)CN(C)C. The predicted octanol–water partition coefficient (Wildman–Crippen LogP) is 1.54. The second-order valence-corrected chi connectivity index (χ2v) is 4.83. The third-order valence-electron chi connectivity index (χ3n) is 2.61. The number of halogens is 1. The Hall–Kier alpha value is -1.20. The Bertz CT molecular complexity index is 394. The molecule has 0 spiro atoms. The molecule has 1 heterocycles. The molecule has 0 aliphatic heterocycles. The van der Waals surface area contributed by atoms with Gasteiger partial charge in [-0.05, 0) is 40.1 Å². The zero-order chi connectivity index (χ0) is 13.7. The minimum Gasteiger partial charge on any atom is -0.334 e. The van der Waals surface area contributed by atoms with Crippen molar-refractivity contribution >= 4 is 17.5 Å². The Morgan fingerprint density at radius 1 is 1.39 bits per heavy atom. The lowest BCUT2D eigenvalue weighted by Gasteiger charge is -2.29. The van der Waals surface area contributed by atoms with Gasteiger partial charge < -0.3 is 9.80 Å².